The lowest BCUT2D eigenvalue weighted by Crippen LogP contribution is -2.30. The molecule has 0 aliphatic carbocycles. The molecule has 1 amide bonds. The molecule has 21 heavy (non-hydrogen) atoms. The van der Waals surface area contributed by atoms with Crippen molar-refractivity contribution in [2.24, 2.45) is 0 Å². The van der Waals surface area contributed by atoms with E-state index < -0.39 is 12.0 Å². The third-order valence-electron chi connectivity index (χ3n) is 3.09. The molecule has 2 N–H and O–H groups in total. The van der Waals surface area contributed by atoms with Gasteiger partial charge < -0.3 is 10.4 Å². The van der Waals surface area contributed by atoms with Crippen LogP contribution in [0.25, 0.3) is 0 Å². The topological polar surface area (TPSA) is 66.4 Å². The largest absolute Gasteiger partial charge is 0.481 e. The standard InChI is InChI=1S/C16H17NO3S/c1-11-4-6-12(7-5-11)9-15(18)17-13(10-16(19)20)14-3-2-8-21-14/h2-8,13H,9-10H2,1H3,(H,17,18)(H,19,20)/t13-/m1/s1. The smallest absolute Gasteiger partial charge is 0.305 e. The Bertz CT molecular complexity index is 605. The van der Waals surface area contributed by atoms with Crippen molar-refractivity contribution in [2.45, 2.75) is 25.8 Å². The van der Waals surface area contributed by atoms with Gasteiger partial charge in [0.1, 0.15) is 0 Å². The number of nitrogens with one attached hydrogen (secondary N) is 1. The summed E-state index contributed by atoms with van der Waals surface area (Å²) < 4.78 is 0. The molecule has 0 unspecified atom stereocenters. The molecule has 110 valence electrons. The normalized spacial score (nSPS) is 11.9. The zero-order valence-corrected chi connectivity index (χ0v) is 12.5. The Morgan fingerprint density at radius 2 is 1.95 bits per heavy atom. The first-order valence-electron chi connectivity index (χ1n) is 6.64. The predicted octanol–water partition coefficient (Wildman–Crippen LogP) is 2.93. The van der Waals surface area contributed by atoms with Crippen molar-refractivity contribution in [3.8, 4) is 0 Å². The molecule has 0 spiro atoms. The molecule has 0 aliphatic rings. The Kier molecular flexibility index (Phi) is 5.11. The van der Waals surface area contributed by atoms with Gasteiger partial charge in [-0.3, -0.25) is 9.59 Å². The maximum atomic E-state index is 12.1. The van der Waals surface area contributed by atoms with Gasteiger partial charge in [0.15, 0.2) is 0 Å². The van der Waals surface area contributed by atoms with Crippen LogP contribution in [0.3, 0.4) is 0 Å². The molecule has 5 heteroatoms. The number of carboxylic acid groups (broad SMARTS) is 1. The third kappa shape index (κ3) is 4.72. The van der Waals surface area contributed by atoms with Crippen LogP contribution in [0.2, 0.25) is 0 Å². The van der Waals surface area contributed by atoms with E-state index in [0.717, 1.165) is 16.0 Å². The van der Waals surface area contributed by atoms with Crippen molar-refractivity contribution in [2.75, 3.05) is 0 Å². The molecule has 4 nitrogen and oxygen atoms in total. The molecule has 1 heterocycles. The summed E-state index contributed by atoms with van der Waals surface area (Å²) in [4.78, 5) is 23.9. The number of carbonyl (C=O) groups is 2. The maximum Gasteiger partial charge on any atom is 0.305 e. The van der Waals surface area contributed by atoms with Crippen LogP contribution in [0, 0.1) is 6.92 Å². The lowest BCUT2D eigenvalue weighted by Gasteiger charge is -2.15. The van der Waals surface area contributed by atoms with Crippen molar-refractivity contribution < 1.29 is 14.7 Å². The van der Waals surface area contributed by atoms with Crippen molar-refractivity contribution in [3.63, 3.8) is 0 Å². The van der Waals surface area contributed by atoms with E-state index in [-0.39, 0.29) is 18.7 Å². The highest BCUT2D eigenvalue weighted by molar-refractivity contribution is 7.10. The number of hydrogen-bond donors (Lipinski definition) is 2. The Morgan fingerprint density at radius 3 is 2.52 bits per heavy atom. The van der Waals surface area contributed by atoms with Crippen LogP contribution in [0.1, 0.15) is 28.5 Å². The summed E-state index contributed by atoms with van der Waals surface area (Å²) in [6, 6.07) is 10.9. The van der Waals surface area contributed by atoms with Gasteiger partial charge in [-0.25, -0.2) is 0 Å². The van der Waals surface area contributed by atoms with E-state index in [1.807, 2.05) is 48.7 Å². The van der Waals surface area contributed by atoms with Crippen molar-refractivity contribution in [1.29, 1.82) is 0 Å². The van der Waals surface area contributed by atoms with Crippen LogP contribution in [-0.2, 0) is 16.0 Å². The highest BCUT2D eigenvalue weighted by atomic mass is 32.1. The highest BCUT2D eigenvalue weighted by Crippen LogP contribution is 2.22. The van der Waals surface area contributed by atoms with E-state index in [0.29, 0.717) is 0 Å². The molecule has 0 saturated carbocycles. The maximum absolute atomic E-state index is 12.1. The molecular weight excluding hydrogens is 286 g/mol. The molecule has 1 aromatic carbocycles. The SMILES string of the molecule is Cc1ccc(CC(=O)N[C@H](CC(=O)O)c2cccs2)cc1. The fraction of sp³-hybridized carbons (Fsp3) is 0.250. The molecule has 0 saturated heterocycles. The molecule has 0 fully saturated rings. The first-order valence-corrected chi connectivity index (χ1v) is 7.52. The minimum absolute atomic E-state index is 0.111. The number of aliphatic carboxylic acids is 1. The summed E-state index contributed by atoms with van der Waals surface area (Å²) in [6.07, 6.45) is 0.141. The van der Waals surface area contributed by atoms with Gasteiger partial charge >= 0.3 is 5.97 Å². The van der Waals surface area contributed by atoms with Crippen LogP contribution >= 0.6 is 11.3 Å². The summed E-state index contributed by atoms with van der Waals surface area (Å²) in [5.41, 5.74) is 2.06. The van der Waals surface area contributed by atoms with Crippen LogP contribution in [0.5, 0.6) is 0 Å². The lowest BCUT2D eigenvalue weighted by molar-refractivity contribution is -0.137. The zero-order valence-electron chi connectivity index (χ0n) is 11.7. The number of thiophene rings is 1. The van der Waals surface area contributed by atoms with Gasteiger partial charge in [0.2, 0.25) is 5.91 Å². The predicted molar refractivity (Wildman–Crippen MR) is 82.3 cm³/mol. The van der Waals surface area contributed by atoms with Crippen molar-refractivity contribution in [1.82, 2.24) is 5.32 Å². The summed E-state index contributed by atoms with van der Waals surface area (Å²) >= 11 is 1.45. The first-order chi connectivity index (χ1) is 10.0. The van der Waals surface area contributed by atoms with E-state index in [2.05, 4.69) is 5.32 Å². The van der Waals surface area contributed by atoms with E-state index in [9.17, 15) is 9.59 Å². The summed E-state index contributed by atoms with van der Waals surface area (Å²) in [5, 5.41) is 13.6. The summed E-state index contributed by atoms with van der Waals surface area (Å²) in [5.74, 6) is -1.09. The van der Waals surface area contributed by atoms with Crippen LogP contribution in [0.4, 0.5) is 0 Å². The van der Waals surface area contributed by atoms with Crippen molar-refractivity contribution >= 4 is 23.2 Å². The highest BCUT2D eigenvalue weighted by Gasteiger charge is 2.19. The second-order valence-electron chi connectivity index (χ2n) is 4.90. The molecule has 0 radical (unpaired) electrons. The van der Waals surface area contributed by atoms with Crippen LogP contribution in [0.15, 0.2) is 41.8 Å². The van der Waals surface area contributed by atoms with Crippen LogP contribution in [-0.4, -0.2) is 17.0 Å². The first kappa shape index (κ1) is 15.3. The summed E-state index contributed by atoms with van der Waals surface area (Å²) in [7, 11) is 0. The number of aryl methyl sites for hydroxylation is 1. The van der Waals surface area contributed by atoms with Gasteiger partial charge in [0.05, 0.1) is 18.9 Å². The molecule has 0 bridgehead atoms. The number of amides is 1. The molecule has 2 rings (SSSR count). The second kappa shape index (κ2) is 7.04. The number of carboxylic acids is 1. The number of hydrogen-bond acceptors (Lipinski definition) is 3. The van der Waals surface area contributed by atoms with Crippen molar-refractivity contribution in [3.05, 3.63) is 57.8 Å². The van der Waals surface area contributed by atoms with Gasteiger partial charge in [-0.2, -0.15) is 0 Å². The molecule has 0 aliphatic heterocycles. The van der Waals surface area contributed by atoms with E-state index in [4.69, 9.17) is 5.11 Å². The zero-order chi connectivity index (χ0) is 15.2. The van der Waals surface area contributed by atoms with E-state index in [1.54, 1.807) is 0 Å². The summed E-state index contributed by atoms with van der Waals surface area (Å²) in [6.45, 7) is 1.99. The van der Waals surface area contributed by atoms with Gasteiger partial charge in [0.25, 0.3) is 0 Å². The fourth-order valence-corrected chi connectivity index (χ4v) is 2.80. The number of benzene rings is 1. The average molecular weight is 303 g/mol. The second-order valence-corrected chi connectivity index (χ2v) is 5.88. The minimum atomic E-state index is -0.927. The average Bonchev–Trinajstić information content (AvgIpc) is 2.94. The number of carbonyl (C=O) groups excluding carboxylic acids is 1. The van der Waals surface area contributed by atoms with Gasteiger partial charge in [-0.05, 0) is 23.9 Å². The fourth-order valence-electron chi connectivity index (χ4n) is 2.02. The Hall–Kier alpha value is -2.14. The van der Waals surface area contributed by atoms with Gasteiger partial charge in [-0.1, -0.05) is 35.9 Å². The van der Waals surface area contributed by atoms with Gasteiger partial charge in [-0.15, -0.1) is 11.3 Å². The van der Waals surface area contributed by atoms with Crippen LogP contribution < -0.4 is 5.32 Å². The lowest BCUT2D eigenvalue weighted by atomic mass is 10.1. The molecule has 1 aromatic heterocycles. The van der Waals surface area contributed by atoms with E-state index >= 15 is 0 Å². The molecule has 1 atom stereocenters. The Balaban J connectivity index is 2.01. The van der Waals surface area contributed by atoms with Gasteiger partial charge in [0, 0.05) is 4.88 Å². The quantitative estimate of drug-likeness (QED) is 0.862. The monoisotopic (exact) mass is 303 g/mol. The third-order valence-corrected chi connectivity index (χ3v) is 4.07. The number of rotatable bonds is 6. The molecule has 2 aromatic rings. The van der Waals surface area contributed by atoms with E-state index in [1.165, 1.54) is 11.3 Å². The Morgan fingerprint density at radius 1 is 1.24 bits per heavy atom. The molecular formula is C16H17NO3S. The minimum Gasteiger partial charge on any atom is -0.481 e. The Labute approximate surface area is 127 Å².